The maximum Gasteiger partial charge on any atom is 0.261 e. The minimum atomic E-state index is -0.768. The molecule has 1 aliphatic rings. The molecule has 0 amide bonds. The average molecular weight is 404 g/mol. The van der Waals surface area contributed by atoms with Crippen molar-refractivity contribution in [3.8, 4) is 5.75 Å². The number of nitrogens with one attached hydrogen (secondary N) is 1. The largest absolute Gasteiger partial charge is 0.495 e. The lowest BCUT2D eigenvalue weighted by Crippen LogP contribution is -2.47. The van der Waals surface area contributed by atoms with Crippen LogP contribution in [-0.4, -0.2) is 51.7 Å². The van der Waals surface area contributed by atoms with Crippen LogP contribution in [0.15, 0.2) is 23.3 Å². The molecule has 3 atom stereocenters. The van der Waals surface area contributed by atoms with Gasteiger partial charge in [0, 0.05) is 12.1 Å². The van der Waals surface area contributed by atoms with E-state index in [2.05, 4.69) is 10.3 Å². The zero-order valence-electron chi connectivity index (χ0n) is 14.4. The first-order chi connectivity index (χ1) is 12.0. The third-order valence-electron chi connectivity index (χ3n) is 4.58. The lowest BCUT2D eigenvalue weighted by atomic mass is 9.96. The van der Waals surface area contributed by atoms with Crippen LogP contribution in [0.5, 0.6) is 5.75 Å². The van der Waals surface area contributed by atoms with Crippen LogP contribution in [0.4, 0.5) is 0 Å². The number of fused-ring (bicyclic) bond motifs is 1. The van der Waals surface area contributed by atoms with Gasteiger partial charge in [-0.3, -0.25) is 9.36 Å². The van der Waals surface area contributed by atoms with Gasteiger partial charge in [-0.1, -0.05) is 11.6 Å². The molecule has 7 nitrogen and oxygen atoms in total. The summed E-state index contributed by atoms with van der Waals surface area (Å²) in [6.45, 7) is 0.933. The number of methoxy groups -OCH3 is 1. The second-order valence-electron chi connectivity index (χ2n) is 6.37. The van der Waals surface area contributed by atoms with Crippen molar-refractivity contribution in [2.75, 3.05) is 13.7 Å². The molecule has 1 saturated heterocycles. The number of aliphatic hydroxyl groups excluding tert-OH is 2. The van der Waals surface area contributed by atoms with Gasteiger partial charge in [-0.15, -0.1) is 12.4 Å². The molecule has 26 heavy (non-hydrogen) atoms. The summed E-state index contributed by atoms with van der Waals surface area (Å²) in [4.78, 5) is 16.9. The summed E-state index contributed by atoms with van der Waals surface area (Å²) in [6, 6.07) is 2.98. The van der Waals surface area contributed by atoms with Crippen LogP contribution in [0.2, 0.25) is 5.02 Å². The predicted octanol–water partition coefficient (Wildman–Crippen LogP) is 1.34. The number of aliphatic hydroxyl groups is 2. The first-order valence-corrected chi connectivity index (χ1v) is 8.69. The monoisotopic (exact) mass is 403 g/mol. The van der Waals surface area contributed by atoms with Crippen molar-refractivity contribution in [2.24, 2.45) is 0 Å². The molecule has 0 spiro atoms. The molecular weight excluding hydrogens is 381 g/mol. The molecule has 0 aliphatic carbocycles. The number of aromatic nitrogens is 2. The minimum absolute atomic E-state index is 0. The summed E-state index contributed by atoms with van der Waals surface area (Å²) in [5, 5.41) is 24.2. The highest BCUT2D eigenvalue weighted by Gasteiger charge is 2.25. The summed E-state index contributed by atoms with van der Waals surface area (Å²) >= 11 is 6.09. The van der Waals surface area contributed by atoms with Crippen LogP contribution >= 0.6 is 24.0 Å². The molecule has 0 saturated carbocycles. The smallest absolute Gasteiger partial charge is 0.261 e. The van der Waals surface area contributed by atoms with Crippen molar-refractivity contribution in [3.63, 3.8) is 0 Å². The molecular formula is C17H23Cl2N3O4. The van der Waals surface area contributed by atoms with Crippen LogP contribution in [0.1, 0.15) is 19.3 Å². The Morgan fingerprint density at radius 1 is 1.50 bits per heavy atom. The maximum atomic E-state index is 12.6. The number of halogens is 2. The van der Waals surface area contributed by atoms with Crippen LogP contribution in [0.3, 0.4) is 0 Å². The summed E-state index contributed by atoms with van der Waals surface area (Å²) in [6.07, 6.45) is 2.19. The van der Waals surface area contributed by atoms with E-state index in [-0.39, 0.29) is 30.6 Å². The fourth-order valence-corrected chi connectivity index (χ4v) is 3.46. The number of ether oxygens (including phenoxy) is 1. The van der Waals surface area contributed by atoms with Gasteiger partial charge < -0.3 is 20.3 Å². The van der Waals surface area contributed by atoms with Gasteiger partial charge in [0.15, 0.2) is 0 Å². The van der Waals surface area contributed by atoms with E-state index in [4.69, 9.17) is 16.3 Å². The Balaban J connectivity index is 0.00000243. The van der Waals surface area contributed by atoms with Crippen molar-refractivity contribution in [2.45, 2.75) is 44.1 Å². The normalized spacial score (nSPS) is 21.2. The van der Waals surface area contributed by atoms with E-state index in [0.717, 1.165) is 19.4 Å². The van der Waals surface area contributed by atoms with Gasteiger partial charge in [0.25, 0.3) is 5.56 Å². The average Bonchev–Trinajstić information content (AvgIpc) is 2.59. The Hall–Kier alpha value is -1.38. The molecule has 1 aliphatic heterocycles. The van der Waals surface area contributed by atoms with E-state index < -0.39 is 12.2 Å². The van der Waals surface area contributed by atoms with Crippen molar-refractivity contribution in [1.29, 1.82) is 0 Å². The number of piperidine rings is 1. The van der Waals surface area contributed by atoms with Gasteiger partial charge in [-0.05, 0) is 31.9 Å². The quantitative estimate of drug-likeness (QED) is 0.696. The van der Waals surface area contributed by atoms with Gasteiger partial charge in [0.1, 0.15) is 5.75 Å². The molecule has 0 bridgehead atoms. The number of benzene rings is 1. The second kappa shape index (κ2) is 9.01. The minimum Gasteiger partial charge on any atom is -0.495 e. The van der Waals surface area contributed by atoms with Crippen LogP contribution < -0.4 is 15.6 Å². The Morgan fingerprint density at radius 2 is 2.27 bits per heavy atom. The van der Waals surface area contributed by atoms with Crippen molar-refractivity contribution < 1.29 is 14.9 Å². The van der Waals surface area contributed by atoms with Crippen molar-refractivity contribution in [1.82, 2.24) is 14.9 Å². The Kier molecular flexibility index (Phi) is 7.25. The van der Waals surface area contributed by atoms with Crippen molar-refractivity contribution in [3.05, 3.63) is 33.8 Å². The molecule has 9 heteroatoms. The highest BCUT2D eigenvalue weighted by Crippen LogP contribution is 2.27. The zero-order chi connectivity index (χ0) is 18.0. The highest BCUT2D eigenvalue weighted by molar-refractivity contribution is 6.32. The van der Waals surface area contributed by atoms with Gasteiger partial charge >= 0.3 is 0 Å². The maximum absolute atomic E-state index is 12.6. The molecule has 0 radical (unpaired) electrons. The highest BCUT2D eigenvalue weighted by atomic mass is 35.5. The van der Waals surface area contributed by atoms with E-state index in [1.165, 1.54) is 24.1 Å². The van der Waals surface area contributed by atoms with E-state index in [1.54, 1.807) is 6.07 Å². The summed E-state index contributed by atoms with van der Waals surface area (Å²) in [5.41, 5.74) is 0.215. The topological polar surface area (TPSA) is 96.6 Å². The standard InChI is InChI=1S/C17H22ClN3O4.ClH/c1-25-16-7-13-11(6-12(16)18)17(24)21(9-20-13)8-10(22)5-14-15(23)3-2-4-19-14;/h6-7,9-10,14-15,19,22-23H,2-5,8H2,1H3;1H/t10-,14+,15-;/m0./s1. The van der Waals surface area contributed by atoms with Crippen LogP contribution in [0.25, 0.3) is 10.9 Å². The fourth-order valence-electron chi connectivity index (χ4n) is 3.22. The third kappa shape index (κ3) is 4.47. The molecule has 1 aromatic carbocycles. The fraction of sp³-hybridized carbons (Fsp3) is 0.529. The lowest BCUT2D eigenvalue weighted by molar-refractivity contribution is 0.0539. The first-order valence-electron chi connectivity index (χ1n) is 8.31. The van der Waals surface area contributed by atoms with Gasteiger partial charge in [-0.25, -0.2) is 4.98 Å². The van der Waals surface area contributed by atoms with E-state index in [1.807, 2.05) is 0 Å². The number of rotatable bonds is 5. The van der Waals surface area contributed by atoms with Crippen molar-refractivity contribution >= 4 is 34.9 Å². The Morgan fingerprint density at radius 3 is 2.96 bits per heavy atom. The van der Waals surface area contributed by atoms with Gasteiger partial charge in [0.05, 0.1) is 48.1 Å². The zero-order valence-corrected chi connectivity index (χ0v) is 16.0. The molecule has 3 rings (SSSR count). The molecule has 3 N–H and O–H groups in total. The molecule has 0 unspecified atom stereocenters. The van der Waals surface area contributed by atoms with Gasteiger partial charge in [-0.2, -0.15) is 0 Å². The summed E-state index contributed by atoms with van der Waals surface area (Å²) in [7, 11) is 1.50. The number of nitrogens with zero attached hydrogens (tertiary/aromatic N) is 2. The van der Waals surface area contributed by atoms with Gasteiger partial charge in [0.2, 0.25) is 0 Å². The molecule has 144 valence electrons. The van der Waals surface area contributed by atoms with Crippen LogP contribution in [-0.2, 0) is 6.54 Å². The SMILES string of the molecule is COc1cc2ncn(C[C@@H](O)C[C@H]3NCCC[C@@H]3O)c(=O)c2cc1Cl.Cl. The molecule has 1 aromatic heterocycles. The summed E-state index contributed by atoms with van der Waals surface area (Å²) < 4.78 is 6.50. The predicted molar refractivity (Wildman–Crippen MR) is 102 cm³/mol. The van der Waals surface area contributed by atoms with Crippen LogP contribution in [0, 0.1) is 0 Å². The van der Waals surface area contributed by atoms with E-state index in [0.29, 0.717) is 28.1 Å². The Bertz CT molecular complexity index is 814. The number of hydrogen-bond donors (Lipinski definition) is 3. The first kappa shape index (κ1) is 20.9. The molecule has 1 fully saturated rings. The summed E-state index contributed by atoms with van der Waals surface area (Å²) in [5.74, 6) is 0.455. The Labute approximate surface area is 162 Å². The van der Waals surface area contributed by atoms with E-state index in [9.17, 15) is 15.0 Å². The lowest BCUT2D eigenvalue weighted by Gasteiger charge is -2.30. The third-order valence-corrected chi connectivity index (χ3v) is 4.87. The molecule has 2 heterocycles. The molecule has 2 aromatic rings. The number of hydrogen-bond acceptors (Lipinski definition) is 6. The van der Waals surface area contributed by atoms with E-state index >= 15 is 0 Å². The second-order valence-corrected chi connectivity index (χ2v) is 6.77.